The molecule has 8 heteroatoms. The fraction of sp³-hybridized carbons (Fsp3) is 0.222. The number of anilines is 1. The summed E-state index contributed by atoms with van der Waals surface area (Å²) in [5, 5.41) is 10.1. The van der Waals surface area contributed by atoms with Crippen LogP contribution >= 0.6 is 0 Å². The lowest BCUT2D eigenvalue weighted by Gasteiger charge is -2.11. The van der Waals surface area contributed by atoms with E-state index in [9.17, 15) is 26.7 Å². The number of hydrogen-bond donors (Lipinski definition) is 2. The molecule has 0 heterocycles. The van der Waals surface area contributed by atoms with Crippen LogP contribution in [0, 0.1) is 11.6 Å². The van der Waals surface area contributed by atoms with Crippen LogP contribution in [0.3, 0.4) is 0 Å². The van der Waals surface area contributed by atoms with Crippen molar-refractivity contribution >= 4 is 11.7 Å². The number of hydrogen-bond acceptors (Lipinski definition) is 2. The van der Waals surface area contributed by atoms with Gasteiger partial charge in [0.2, 0.25) is 0 Å². The van der Waals surface area contributed by atoms with Crippen LogP contribution in [0.5, 0.6) is 0 Å². The van der Waals surface area contributed by atoms with E-state index in [-0.39, 0.29) is 0 Å². The lowest BCUT2D eigenvalue weighted by atomic mass is 10.2. The molecular weight excluding hydrogens is 249 g/mol. The molecule has 0 aliphatic heterocycles. The monoisotopic (exact) mass is 255 g/mol. The van der Waals surface area contributed by atoms with Gasteiger partial charge in [-0.15, -0.1) is 0 Å². The van der Waals surface area contributed by atoms with Crippen molar-refractivity contribution < 1.29 is 31.9 Å². The molecule has 0 atom stereocenters. The van der Waals surface area contributed by atoms with Gasteiger partial charge in [0, 0.05) is 0 Å². The first kappa shape index (κ1) is 13.2. The predicted molar refractivity (Wildman–Crippen MR) is 47.9 cm³/mol. The highest BCUT2D eigenvalue weighted by Crippen LogP contribution is 2.22. The maximum Gasteiger partial charge on any atom is 0.405 e. The number of carboxylic acids is 1. The van der Waals surface area contributed by atoms with Gasteiger partial charge in [0.15, 0.2) is 11.6 Å². The lowest BCUT2D eigenvalue weighted by molar-refractivity contribution is -0.115. The zero-order chi connectivity index (χ0) is 13.2. The van der Waals surface area contributed by atoms with Crippen LogP contribution in [0.4, 0.5) is 27.6 Å². The molecule has 0 unspecified atom stereocenters. The van der Waals surface area contributed by atoms with Crippen molar-refractivity contribution in [2.24, 2.45) is 0 Å². The van der Waals surface area contributed by atoms with E-state index in [0.717, 1.165) is 6.07 Å². The molecule has 0 bridgehead atoms. The molecular formula is C9H6F5NO2. The third-order valence-corrected chi connectivity index (χ3v) is 1.79. The molecule has 1 aromatic rings. The second-order valence-corrected chi connectivity index (χ2v) is 3.06. The van der Waals surface area contributed by atoms with Gasteiger partial charge >= 0.3 is 12.1 Å². The Bertz CT molecular complexity index is 444. The number of halogens is 5. The quantitative estimate of drug-likeness (QED) is 0.816. The topological polar surface area (TPSA) is 49.3 Å². The summed E-state index contributed by atoms with van der Waals surface area (Å²) in [4.78, 5) is 10.4. The number of nitrogens with one attached hydrogen (secondary N) is 1. The molecule has 0 fully saturated rings. The summed E-state index contributed by atoms with van der Waals surface area (Å²) in [5.41, 5.74) is -1.69. The molecule has 2 N–H and O–H groups in total. The summed E-state index contributed by atoms with van der Waals surface area (Å²) >= 11 is 0. The van der Waals surface area contributed by atoms with Crippen LogP contribution in [0.2, 0.25) is 0 Å². The van der Waals surface area contributed by atoms with Crippen molar-refractivity contribution in [1.29, 1.82) is 0 Å². The minimum absolute atomic E-state index is 0.680. The number of benzene rings is 1. The molecule has 0 aromatic heterocycles. The molecule has 0 aliphatic rings. The maximum absolute atomic E-state index is 13.1. The summed E-state index contributed by atoms with van der Waals surface area (Å²) in [6.07, 6.45) is -4.59. The third kappa shape index (κ3) is 3.30. The average Bonchev–Trinajstić information content (AvgIpc) is 2.18. The van der Waals surface area contributed by atoms with Crippen molar-refractivity contribution in [2.75, 3.05) is 11.9 Å². The largest absolute Gasteiger partial charge is 0.478 e. The molecule has 0 amide bonds. The van der Waals surface area contributed by atoms with Gasteiger partial charge in [-0.1, -0.05) is 0 Å². The van der Waals surface area contributed by atoms with E-state index >= 15 is 0 Å². The SMILES string of the molecule is O=C(O)c1ccc(NCC(F)(F)F)c(F)c1F. The van der Waals surface area contributed by atoms with Crippen LogP contribution in [0.1, 0.15) is 10.4 Å². The highest BCUT2D eigenvalue weighted by molar-refractivity contribution is 5.88. The fourth-order valence-corrected chi connectivity index (χ4v) is 1.05. The second-order valence-electron chi connectivity index (χ2n) is 3.06. The summed E-state index contributed by atoms with van der Waals surface area (Å²) in [6.45, 7) is -1.55. The van der Waals surface area contributed by atoms with Crippen LogP contribution in [-0.4, -0.2) is 23.8 Å². The zero-order valence-electron chi connectivity index (χ0n) is 8.11. The highest BCUT2D eigenvalue weighted by Gasteiger charge is 2.28. The molecule has 1 aromatic carbocycles. The first-order chi connectivity index (χ1) is 7.72. The van der Waals surface area contributed by atoms with Gasteiger partial charge in [0.1, 0.15) is 6.54 Å². The van der Waals surface area contributed by atoms with E-state index in [1.54, 1.807) is 5.32 Å². The number of rotatable bonds is 3. The van der Waals surface area contributed by atoms with Crippen molar-refractivity contribution in [1.82, 2.24) is 0 Å². The number of carbonyl (C=O) groups is 1. The Labute approximate surface area is 91.9 Å². The Kier molecular flexibility index (Phi) is 3.54. The van der Waals surface area contributed by atoms with Crippen molar-refractivity contribution in [3.05, 3.63) is 29.3 Å². The Hall–Kier alpha value is -1.86. The van der Waals surface area contributed by atoms with Crippen LogP contribution in [0.25, 0.3) is 0 Å². The third-order valence-electron chi connectivity index (χ3n) is 1.79. The van der Waals surface area contributed by atoms with Crippen LogP contribution in [-0.2, 0) is 0 Å². The average molecular weight is 255 g/mol. The standard InChI is InChI=1S/C9H6F5NO2/c10-6-4(8(16)17)1-2-5(7(6)11)15-3-9(12,13)14/h1-2,15H,3H2,(H,16,17). The van der Waals surface area contributed by atoms with Gasteiger partial charge in [-0.2, -0.15) is 13.2 Å². The van der Waals surface area contributed by atoms with E-state index in [0.29, 0.717) is 6.07 Å². The molecule has 0 saturated carbocycles. The molecule has 0 radical (unpaired) electrons. The van der Waals surface area contributed by atoms with Gasteiger partial charge in [-0.05, 0) is 12.1 Å². The Morgan fingerprint density at radius 1 is 1.24 bits per heavy atom. The maximum atomic E-state index is 13.1. The Morgan fingerprint density at radius 2 is 1.82 bits per heavy atom. The van der Waals surface area contributed by atoms with E-state index in [1.807, 2.05) is 0 Å². The van der Waals surface area contributed by atoms with Gasteiger partial charge < -0.3 is 10.4 Å². The van der Waals surface area contributed by atoms with Crippen LogP contribution in [0.15, 0.2) is 12.1 Å². The molecule has 1 rings (SSSR count). The molecule has 0 saturated heterocycles. The Balaban J connectivity index is 2.97. The number of carboxylic acid groups (broad SMARTS) is 1. The summed E-state index contributed by atoms with van der Waals surface area (Å²) < 4.78 is 61.6. The zero-order valence-corrected chi connectivity index (χ0v) is 8.11. The summed E-state index contributed by atoms with van der Waals surface area (Å²) in [6, 6.07) is 1.41. The molecule has 0 spiro atoms. The number of aromatic carboxylic acids is 1. The minimum atomic E-state index is -4.59. The van der Waals surface area contributed by atoms with Crippen LogP contribution < -0.4 is 5.32 Å². The van der Waals surface area contributed by atoms with Gasteiger partial charge in [-0.25, -0.2) is 13.6 Å². The van der Waals surface area contributed by atoms with Crippen molar-refractivity contribution in [3.8, 4) is 0 Å². The second kappa shape index (κ2) is 4.56. The van der Waals surface area contributed by atoms with E-state index < -0.39 is 41.6 Å². The summed E-state index contributed by atoms with van der Waals surface area (Å²) in [7, 11) is 0. The van der Waals surface area contributed by atoms with Gasteiger partial charge in [0.25, 0.3) is 0 Å². The minimum Gasteiger partial charge on any atom is -0.478 e. The van der Waals surface area contributed by atoms with E-state index in [1.165, 1.54) is 0 Å². The fourth-order valence-electron chi connectivity index (χ4n) is 1.05. The van der Waals surface area contributed by atoms with E-state index in [4.69, 9.17) is 5.11 Å². The summed E-state index contributed by atoms with van der Waals surface area (Å²) in [5.74, 6) is -5.07. The van der Waals surface area contributed by atoms with E-state index in [2.05, 4.69) is 0 Å². The number of alkyl halides is 3. The first-order valence-electron chi connectivity index (χ1n) is 4.24. The molecule has 17 heavy (non-hydrogen) atoms. The van der Waals surface area contributed by atoms with Crippen molar-refractivity contribution in [2.45, 2.75) is 6.18 Å². The molecule has 94 valence electrons. The van der Waals surface area contributed by atoms with Gasteiger partial charge in [0.05, 0.1) is 11.3 Å². The smallest absolute Gasteiger partial charge is 0.405 e. The first-order valence-corrected chi connectivity index (χ1v) is 4.24. The predicted octanol–water partition coefficient (Wildman–Crippen LogP) is 2.64. The molecule has 3 nitrogen and oxygen atoms in total. The highest BCUT2D eigenvalue weighted by atomic mass is 19.4. The lowest BCUT2D eigenvalue weighted by Crippen LogP contribution is -2.22. The molecule has 0 aliphatic carbocycles. The van der Waals surface area contributed by atoms with Gasteiger partial charge in [-0.3, -0.25) is 0 Å². The Morgan fingerprint density at radius 3 is 2.29 bits per heavy atom. The van der Waals surface area contributed by atoms with Crippen molar-refractivity contribution in [3.63, 3.8) is 0 Å². The normalized spacial score (nSPS) is 11.4.